The molecule has 5 nitrogen and oxygen atoms in total. The maximum absolute atomic E-state index is 8.25. The molecular weight excluding hydrogens is 156 g/mol. The molecule has 0 amide bonds. The Morgan fingerprint density at radius 3 is 1.00 bits per heavy atom. The molecule has 0 aliphatic carbocycles. The van der Waals surface area contributed by atoms with Gasteiger partial charge in [0.1, 0.15) is 6.79 Å². The first-order chi connectivity index (χ1) is 3.83. The van der Waals surface area contributed by atoms with Crippen LogP contribution in [0.25, 0.3) is 0 Å². The molecular formula is C3H4CaO5. The fourth-order valence-corrected chi connectivity index (χ4v) is 0. The molecule has 0 aliphatic heterocycles. The first-order valence-electron chi connectivity index (χ1n) is 1.23. The molecule has 48 valence electrons. The van der Waals surface area contributed by atoms with Crippen molar-refractivity contribution in [2.75, 3.05) is 0 Å². The number of hydrogen-bond donors (Lipinski definition) is 0. The van der Waals surface area contributed by atoms with E-state index in [0.29, 0.717) is 0 Å². The summed E-state index contributed by atoms with van der Waals surface area (Å²) in [5.74, 6) is 0. The average Bonchev–Trinajstić information content (AvgIpc) is 1.75. The maximum atomic E-state index is 8.25. The summed E-state index contributed by atoms with van der Waals surface area (Å²) >= 11 is 0. The standard InChI is InChI=1S/2CH2O2.CH2O.Ca/c2*2-1-3;1-2;/h2*1H,(H,2,3);1H2;/q;;;+2/p-2. The van der Waals surface area contributed by atoms with Gasteiger partial charge in [0.15, 0.2) is 0 Å². The van der Waals surface area contributed by atoms with Crippen LogP contribution in [0.2, 0.25) is 0 Å². The smallest absolute Gasteiger partial charge is 0.554 e. The zero-order chi connectivity index (χ0) is 7.41. The minimum absolute atomic E-state index is 0. The van der Waals surface area contributed by atoms with Crippen molar-refractivity contribution < 1.29 is 24.6 Å². The molecule has 0 saturated heterocycles. The molecule has 0 unspecified atom stereocenters. The molecule has 0 bridgehead atoms. The third kappa shape index (κ3) is 16000. The SMILES string of the molecule is C=O.O=C[O-].O=C[O-].[Ca+2]. The van der Waals surface area contributed by atoms with Crippen LogP contribution in [0.4, 0.5) is 0 Å². The van der Waals surface area contributed by atoms with Crippen molar-refractivity contribution in [1.29, 1.82) is 0 Å². The molecule has 9 heavy (non-hydrogen) atoms. The van der Waals surface area contributed by atoms with Crippen LogP contribution in [0.5, 0.6) is 0 Å². The Kier molecular flexibility index (Phi) is 273. The Balaban J connectivity index is -0.0000000202. The largest absolute Gasteiger partial charge is 2.00 e. The van der Waals surface area contributed by atoms with E-state index in [9.17, 15) is 0 Å². The van der Waals surface area contributed by atoms with E-state index in [1.54, 1.807) is 0 Å². The second-order valence-corrected chi connectivity index (χ2v) is 0.192. The van der Waals surface area contributed by atoms with Gasteiger partial charge in [-0.15, -0.1) is 0 Å². The summed E-state index contributed by atoms with van der Waals surface area (Å²) in [4.78, 5) is 24.5. The van der Waals surface area contributed by atoms with Crippen molar-refractivity contribution in [3.05, 3.63) is 0 Å². The van der Waals surface area contributed by atoms with Crippen LogP contribution in [0.3, 0.4) is 0 Å². The van der Waals surface area contributed by atoms with Crippen LogP contribution < -0.4 is 10.2 Å². The van der Waals surface area contributed by atoms with Gasteiger partial charge in [0.05, 0.1) is 0 Å². The van der Waals surface area contributed by atoms with Crippen molar-refractivity contribution >= 4 is 57.5 Å². The molecule has 0 saturated carbocycles. The molecule has 0 fully saturated rings. The van der Waals surface area contributed by atoms with E-state index in [0.717, 1.165) is 0 Å². The maximum Gasteiger partial charge on any atom is 2.00 e. The first kappa shape index (κ1) is 23.2. The van der Waals surface area contributed by atoms with E-state index in [-0.39, 0.29) is 37.7 Å². The van der Waals surface area contributed by atoms with Crippen LogP contribution in [-0.2, 0) is 14.4 Å². The van der Waals surface area contributed by atoms with Crippen molar-refractivity contribution in [2.24, 2.45) is 0 Å². The predicted octanol–water partition coefficient (Wildman–Crippen LogP) is -3.83. The summed E-state index contributed by atoms with van der Waals surface area (Å²) in [6.07, 6.45) is 0. The third-order valence-electron chi connectivity index (χ3n) is 0. The van der Waals surface area contributed by atoms with Crippen LogP contribution in [0.1, 0.15) is 0 Å². The van der Waals surface area contributed by atoms with Gasteiger partial charge in [-0.1, -0.05) is 0 Å². The van der Waals surface area contributed by atoms with Gasteiger partial charge in [0.2, 0.25) is 0 Å². The number of carbonyl (C=O) groups is 3. The van der Waals surface area contributed by atoms with E-state index in [1.165, 1.54) is 0 Å². The second-order valence-electron chi connectivity index (χ2n) is 0.192. The first-order valence-corrected chi connectivity index (χ1v) is 1.23. The summed E-state index contributed by atoms with van der Waals surface area (Å²) in [5, 5.41) is 16.5. The van der Waals surface area contributed by atoms with Gasteiger partial charge >= 0.3 is 37.7 Å². The Bertz CT molecular complexity index is 41.5. The average molecular weight is 160 g/mol. The zero-order valence-corrected chi connectivity index (χ0v) is 6.82. The molecule has 0 rings (SSSR count). The topological polar surface area (TPSA) is 97.3 Å². The molecule has 0 radical (unpaired) electrons. The molecule has 0 spiro atoms. The zero-order valence-electron chi connectivity index (χ0n) is 4.61. The van der Waals surface area contributed by atoms with E-state index in [4.69, 9.17) is 24.6 Å². The van der Waals surface area contributed by atoms with Gasteiger partial charge in [-0.25, -0.2) is 0 Å². The fourth-order valence-electron chi connectivity index (χ4n) is 0. The Morgan fingerprint density at radius 2 is 1.00 bits per heavy atom. The summed E-state index contributed by atoms with van der Waals surface area (Å²) in [6.45, 7) is 1.00. The van der Waals surface area contributed by atoms with Crippen LogP contribution >= 0.6 is 0 Å². The van der Waals surface area contributed by atoms with Crippen molar-refractivity contribution in [1.82, 2.24) is 0 Å². The normalized spacial score (nSPS) is 3.11. The number of hydrogen-bond acceptors (Lipinski definition) is 5. The summed E-state index contributed by atoms with van der Waals surface area (Å²) < 4.78 is 0. The van der Waals surface area contributed by atoms with E-state index in [2.05, 4.69) is 0 Å². The van der Waals surface area contributed by atoms with Crippen LogP contribution in [0.15, 0.2) is 0 Å². The summed E-state index contributed by atoms with van der Waals surface area (Å²) in [7, 11) is 0. The molecule has 0 atom stereocenters. The molecule has 6 heteroatoms. The molecule has 0 N–H and O–H groups in total. The molecule has 0 heterocycles. The van der Waals surface area contributed by atoms with E-state index < -0.39 is 12.9 Å². The van der Waals surface area contributed by atoms with Gasteiger partial charge in [-0.3, -0.25) is 0 Å². The van der Waals surface area contributed by atoms with Crippen LogP contribution in [-0.4, -0.2) is 57.5 Å². The van der Waals surface area contributed by atoms with Gasteiger partial charge < -0.3 is 24.6 Å². The van der Waals surface area contributed by atoms with E-state index >= 15 is 0 Å². The number of rotatable bonds is 0. The summed E-state index contributed by atoms with van der Waals surface area (Å²) in [6, 6.07) is 0. The van der Waals surface area contributed by atoms with E-state index in [1.807, 2.05) is 6.79 Å². The van der Waals surface area contributed by atoms with Crippen molar-refractivity contribution in [3.63, 3.8) is 0 Å². The fraction of sp³-hybridized carbons (Fsp3) is 0. The predicted molar refractivity (Wildman–Crippen MR) is 25.0 cm³/mol. The third-order valence-corrected chi connectivity index (χ3v) is 0. The number of carbonyl (C=O) groups excluding carboxylic acids is 3. The quantitative estimate of drug-likeness (QED) is 0.267. The molecule has 0 aromatic carbocycles. The minimum atomic E-state index is -0.500. The monoisotopic (exact) mass is 160 g/mol. The van der Waals surface area contributed by atoms with Gasteiger partial charge in [0, 0.05) is 12.9 Å². The molecule has 0 aliphatic rings. The van der Waals surface area contributed by atoms with Gasteiger partial charge in [0.25, 0.3) is 0 Å². The summed E-state index contributed by atoms with van der Waals surface area (Å²) in [5.41, 5.74) is 0. The van der Waals surface area contributed by atoms with Crippen molar-refractivity contribution in [3.8, 4) is 0 Å². The number of carboxylic acid groups (broad SMARTS) is 2. The van der Waals surface area contributed by atoms with Gasteiger partial charge in [-0.05, 0) is 0 Å². The molecule has 0 aromatic heterocycles. The Hall–Kier alpha value is -0.130. The van der Waals surface area contributed by atoms with Crippen LogP contribution in [0, 0.1) is 0 Å². The minimum Gasteiger partial charge on any atom is -0.554 e. The Morgan fingerprint density at radius 1 is 1.00 bits per heavy atom. The Labute approximate surface area is 81.7 Å². The second kappa shape index (κ2) is 106. The van der Waals surface area contributed by atoms with Gasteiger partial charge in [-0.2, -0.15) is 0 Å². The van der Waals surface area contributed by atoms with Crippen molar-refractivity contribution in [2.45, 2.75) is 0 Å². The molecule has 0 aromatic rings.